The van der Waals surface area contributed by atoms with Gasteiger partial charge in [0.1, 0.15) is 17.5 Å². The van der Waals surface area contributed by atoms with E-state index in [0.29, 0.717) is 5.89 Å². The molecular weight excluding hydrogens is 346 g/mol. The highest BCUT2D eigenvalue weighted by Gasteiger charge is 2.32. The second-order valence-corrected chi connectivity index (χ2v) is 7.78. The summed E-state index contributed by atoms with van der Waals surface area (Å²) in [6.45, 7) is 5.56. The Labute approximate surface area is 156 Å². The maximum Gasteiger partial charge on any atom is 0.407 e. The molecule has 0 spiro atoms. The molecule has 3 heterocycles. The van der Waals surface area contributed by atoms with Crippen LogP contribution in [0.2, 0.25) is 0 Å². The van der Waals surface area contributed by atoms with Crippen molar-refractivity contribution in [1.29, 1.82) is 0 Å². The van der Waals surface area contributed by atoms with Crippen molar-refractivity contribution in [1.82, 2.24) is 20.3 Å². The molecule has 1 aliphatic carbocycles. The summed E-state index contributed by atoms with van der Waals surface area (Å²) in [4.78, 5) is 23.7. The minimum absolute atomic E-state index is 0.103. The average molecular weight is 369 g/mol. The van der Waals surface area contributed by atoms with Crippen molar-refractivity contribution in [2.45, 2.75) is 51.3 Å². The van der Waals surface area contributed by atoms with Gasteiger partial charge < -0.3 is 24.8 Å². The number of hydrogen-bond acceptors (Lipinski definition) is 6. The summed E-state index contributed by atoms with van der Waals surface area (Å²) in [5, 5.41) is 7.46. The third kappa shape index (κ3) is 3.74. The van der Waals surface area contributed by atoms with Gasteiger partial charge in [-0.05, 0) is 39.7 Å². The van der Waals surface area contributed by atoms with Gasteiger partial charge in [0.15, 0.2) is 0 Å². The summed E-state index contributed by atoms with van der Waals surface area (Å²) in [7, 11) is 0. The van der Waals surface area contributed by atoms with Crippen LogP contribution < -0.4 is 10.6 Å². The first-order chi connectivity index (χ1) is 12.9. The van der Waals surface area contributed by atoms with Gasteiger partial charge in [-0.1, -0.05) is 0 Å². The molecule has 0 bridgehead atoms. The van der Waals surface area contributed by atoms with Crippen LogP contribution in [0.5, 0.6) is 0 Å². The molecule has 142 valence electrons. The fraction of sp³-hybridized carbons (Fsp3) is 0.421. The molecule has 8 heteroatoms. The molecule has 0 aromatic carbocycles. The summed E-state index contributed by atoms with van der Waals surface area (Å²) >= 11 is 0. The molecular formula is C19H23N5O3. The second kappa shape index (κ2) is 6.61. The van der Waals surface area contributed by atoms with E-state index in [2.05, 4.69) is 25.6 Å². The Kier molecular flexibility index (Phi) is 4.25. The highest BCUT2D eigenvalue weighted by atomic mass is 16.6. The largest absolute Gasteiger partial charge is 0.444 e. The molecule has 3 aromatic rings. The Hall–Kier alpha value is -3.03. The Balaban J connectivity index is 1.45. The van der Waals surface area contributed by atoms with Crippen LogP contribution in [0.3, 0.4) is 0 Å². The van der Waals surface area contributed by atoms with E-state index in [4.69, 9.17) is 9.15 Å². The van der Waals surface area contributed by atoms with E-state index in [1.165, 1.54) is 0 Å². The summed E-state index contributed by atoms with van der Waals surface area (Å²) in [6, 6.07) is 2.32. The van der Waals surface area contributed by atoms with Crippen molar-refractivity contribution in [3.05, 3.63) is 30.9 Å². The SMILES string of the molecule is CC(C)(C)OC(=O)N[C@H]1C[C@@H](Nc2c(-c3ncco3)cnc3[nH]ccc23)C1. The van der Waals surface area contributed by atoms with Gasteiger partial charge in [0.2, 0.25) is 5.89 Å². The van der Waals surface area contributed by atoms with Crippen molar-refractivity contribution in [2.75, 3.05) is 5.32 Å². The Morgan fingerprint density at radius 3 is 2.81 bits per heavy atom. The zero-order valence-electron chi connectivity index (χ0n) is 15.6. The first-order valence-electron chi connectivity index (χ1n) is 9.01. The normalized spacial score (nSPS) is 19.5. The number of aromatic amines is 1. The Morgan fingerprint density at radius 1 is 1.30 bits per heavy atom. The Bertz CT molecular complexity index is 936. The lowest BCUT2D eigenvalue weighted by Crippen LogP contribution is -2.50. The number of fused-ring (bicyclic) bond motifs is 1. The highest BCUT2D eigenvalue weighted by molar-refractivity contribution is 5.97. The van der Waals surface area contributed by atoms with E-state index in [9.17, 15) is 4.79 Å². The molecule has 1 amide bonds. The third-order valence-corrected chi connectivity index (χ3v) is 4.46. The lowest BCUT2D eigenvalue weighted by molar-refractivity contribution is 0.0475. The number of pyridine rings is 1. The molecule has 1 saturated carbocycles. The Morgan fingerprint density at radius 2 is 2.11 bits per heavy atom. The van der Waals surface area contributed by atoms with Crippen LogP contribution in [0.4, 0.5) is 10.5 Å². The molecule has 0 aliphatic heterocycles. The summed E-state index contributed by atoms with van der Waals surface area (Å²) in [6.07, 6.45) is 8.03. The van der Waals surface area contributed by atoms with Crippen molar-refractivity contribution < 1.29 is 13.9 Å². The molecule has 8 nitrogen and oxygen atoms in total. The van der Waals surface area contributed by atoms with Crippen LogP contribution in [-0.2, 0) is 4.74 Å². The number of carbonyl (C=O) groups excluding carboxylic acids is 1. The number of nitrogens with one attached hydrogen (secondary N) is 3. The molecule has 1 aliphatic rings. The van der Waals surface area contributed by atoms with E-state index < -0.39 is 5.60 Å². The number of hydrogen-bond donors (Lipinski definition) is 3. The number of anilines is 1. The van der Waals surface area contributed by atoms with Crippen molar-refractivity contribution in [3.8, 4) is 11.5 Å². The number of alkyl carbamates (subject to hydrolysis) is 1. The van der Waals surface area contributed by atoms with Gasteiger partial charge in [-0.3, -0.25) is 0 Å². The molecule has 3 N–H and O–H groups in total. The first kappa shape index (κ1) is 17.4. The molecule has 0 radical (unpaired) electrons. The number of aromatic nitrogens is 3. The zero-order valence-corrected chi connectivity index (χ0v) is 15.6. The predicted molar refractivity (Wildman–Crippen MR) is 101 cm³/mol. The fourth-order valence-corrected chi connectivity index (χ4v) is 3.21. The van der Waals surface area contributed by atoms with Gasteiger partial charge in [0.05, 0.1) is 17.4 Å². The van der Waals surface area contributed by atoms with Gasteiger partial charge in [-0.2, -0.15) is 0 Å². The van der Waals surface area contributed by atoms with E-state index in [-0.39, 0.29) is 18.2 Å². The summed E-state index contributed by atoms with van der Waals surface area (Å²) < 4.78 is 10.8. The van der Waals surface area contributed by atoms with Crippen molar-refractivity contribution in [2.24, 2.45) is 0 Å². The van der Waals surface area contributed by atoms with E-state index in [1.54, 1.807) is 18.7 Å². The van der Waals surface area contributed by atoms with Gasteiger partial charge in [-0.15, -0.1) is 0 Å². The van der Waals surface area contributed by atoms with Crippen LogP contribution in [0.15, 0.2) is 35.3 Å². The van der Waals surface area contributed by atoms with Gasteiger partial charge in [0.25, 0.3) is 0 Å². The van der Waals surface area contributed by atoms with Crippen LogP contribution in [0.25, 0.3) is 22.5 Å². The molecule has 0 saturated heterocycles. The monoisotopic (exact) mass is 369 g/mol. The topological polar surface area (TPSA) is 105 Å². The minimum atomic E-state index is -0.493. The maximum atomic E-state index is 11.9. The van der Waals surface area contributed by atoms with E-state index in [0.717, 1.165) is 35.1 Å². The predicted octanol–water partition coefficient (Wildman–Crippen LogP) is 3.69. The van der Waals surface area contributed by atoms with Gasteiger partial charge in [-0.25, -0.2) is 14.8 Å². The van der Waals surface area contributed by atoms with Crippen molar-refractivity contribution in [3.63, 3.8) is 0 Å². The standard InChI is InChI=1S/C19H23N5O3/c1-19(2,3)27-18(25)24-12-8-11(9-12)23-15-13-4-5-20-16(13)22-10-14(15)17-21-6-7-26-17/h4-7,10-12H,8-9H2,1-3H3,(H,24,25)(H2,20,22,23)/t11-,12+. The van der Waals surface area contributed by atoms with Crippen LogP contribution >= 0.6 is 0 Å². The maximum absolute atomic E-state index is 11.9. The first-order valence-corrected chi connectivity index (χ1v) is 9.01. The molecule has 4 rings (SSSR count). The zero-order chi connectivity index (χ0) is 19.0. The average Bonchev–Trinajstić information content (AvgIpc) is 3.22. The van der Waals surface area contributed by atoms with Gasteiger partial charge in [0, 0.05) is 29.9 Å². The third-order valence-electron chi connectivity index (χ3n) is 4.46. The molecule has 0 unspecified atom stereocenters. The van der Waals surface area contributed by atoms with Crippen LogP contribution in [-0.4, -0.2) is 38.7 Å². The molecule has 0 atom stereocenters. The lowest BCUT2D eigenvalue weighted by atomic mass is 9.86. The molecule has 1 fully saturated rings. The number of oxazole rings is 1. The number of rotatable bonds is 4. The fourth-order valence-electron chi connectivity index (χ4n) is 3.21. The molecule has 27 heavy (non-hydrogen) atoms. The number of H-pyrrole nitrogens is 1. The number of carbonyl (C=O) groups is 1. The smallest absolute Gasteiger partial charge is 0.407 e. The number of nitrogens with zero attached hydrogens (tertiary/aromatic N) is 2. The lowest BCUT2D eigenvalue weighted by Gasteiger charge is -2.37. The van der Waals surface area contributed by atoms with Crippen LogP contribution in [0, 0.1) is 0 Å². The highest BCUT2D eigenvalue weighted by Crippen LogP contribution is 2.35. The van der Waals surface area contributed by atoms with Crippen molar-refractivity contribution >= 4 is 22.8 Å². The molecule has 3 aromatic heterocycles. The number of amides is 1. The summed E-state index contributed by atoms with van der Waals surface area (Å²) in [5.74, 6) is 0.524. The van der Waals surface area contributed by atoms with E-state index in [1.807, 2.05) is 33.0 Å². The van der Waals surface area contributed by atoms with Gasteiger partial charge >= 0.3 is 6.09 Å². The van der Waals surface area contributed by atoms with Crippen LogP contribution in [0.1, 0.15) is 33.6 Å². The quantitative estimate of drug-likeness (QED) is 0.648. The minimum Gasteiger partial charge on any atom is -0.444 e. The number of ether oxygens (including phenoxy) is 1. The second-order valence-electron chi connectivity index (χ2n) is 7.78. The van der Waals surface area contributed by atoms with E-state index >= 15 is 0 Å². The summed E-state index contributed by atoms with van der Waals surface area (Å²) in [5.41, 5.74) is 2.06.